The van der Waals surface area contributed by atoms with Crippen LogP contribution in [0.5, 0.6) is 0 Å². The van der Waals surface area contributed by atoms with Crippen LogP contribution in [0.15, 0.2) is 0 Å². The quantitative estimate of drug-likeness (QED) is 0.267. The Morgan fingerprint density at radius 2 is 1.33 bits per heavy atom. The van der Waals surface area contributed by atoms with E-state index in [2.05, 4.69) is 0 Å². The zero-order valence-corrected chi connectivity index (χ0v) is 6.24. The van der Waals surface area contributed by atoms with Crippen LogP contribution in [-0.4, -0.2) is 23.1 Å². The summed E-state index contributed by atoms with van der Waals surface area (Å²) in [5.41, 5.74) is 0. The van der Waals surface area contributed by atoms with E-state index in [9.17, 15) is 0 Å². The van der Waals surface area contributed by atoms with Crippen molar-refractivity contribution >= 4 is 23.1 Å². The van der Waals surface area contributed by atoms with Crippen LogP contribution in [0.2, 0.25) is 0 Å². The van der Waals surface area contributed by atoms with Gasteiger partial charge in [-0.1, -0.05) is 0 Å². The zero-order valence-electron chi connectivity index (χ0n) is 4.07. The van der Waals surface area contributed by atoms with Crippen molar-refractivity contribution in [3.05, 3.63) is 6.42 Å². The summed E-state index contributed by atoms with van der Waals surface area (Å²) in [7, 11) is 0. The minimum absolute atomic E-state index is 0. The molecular weight excluding hydrogens is 115 g/mol. The molecule has 0 bridgehead atoms. The van der Waals surface area contributed by atoms with Crippen LogP contribution in [0, 0.1) is 6.42 Å². The maximum Gasteiger partial charge on any atom is 2.00 e. The minimum atomic E-state index is 0. The van der Waals surface area contributed by atoms with Crippen LogP contribution < -0.4 is 12.4 Å². The Kier molecular flexibility index (Phi) is 177. The molecule has 0 unspecified atom stereocenters. The molecule has 0 aliphatic heterocycles. The van der Waals surface area contributed by atoms with Gasteiger partial charge in [-0.2, -0.15) is 13.8 Å². The SMILES string of the molecule is C[CH-]C.F.[3HH].[Cl-].[Mg+2]. The third-order valence-electron chi connectivity index (χ3n) is 0. The molecule has 0 spiro atoms. The van der Waals surface area contributed by atoms with Gasteiger partial charge in [-0.25, -0.2) is 0 Å². The van der Waals surface area contributed by atoms with Gasteiger partial charge >= 0.3 is 23.1 Å². The van der Waals surface area contributed by atoms with Crippen molar-refractivity contribution in [1.82, 2.24) is 0 Å². The Bertz CT molecular complexity index is 14.9. The Morgan fingerprint density at radius 1 is 1.33 bits per heavy atom. The fourth-order valence-electron chi connectivity index (χ4n) is 0. The predicted molar refractivity (Wildman–Crippen MR) is 26.0 cm³/mol. The maximum atomic E-state index is 2.00. The molecule has 0 rings (SSSR count). The van der Waals surface area contributed by atoms with E-state index in [1.165, 1.54) is 0 Å². The molecule has 0 aromatic heterocycles. The first kappa shape index (κ1) is 28.1. The summed E-state index contributed by atoms with van der Waals surface area (Å²) in [6, 6.07) is 0. The van der Waals surface area contributed by atoms with E-state index < -0.39 is 0 Å². The van der Waals surface area contributed by atoms with Crippen LogP contribution in [0.25, 0.3) is 0 Å². The molecule has 0 aliphatic carbocycles. The van der Waals surface area contributed by atoms with E-state index in [0.717, 1.165) is 0 Å². The Balaban J connectivity index is -0.00000000333. The Labute approximate surface area is 62.1 Å². The summed E-state index contributed by atoms with van der Waals surface area (Å²) < 4.78 is 0. The van der Waals surface area contributed by atoms with Gasteiger partial charge in [-0.05, 0) is 0 Å². The largest absolute Gasteiger partial charge is 2.00 e. The van der Waals surface area contributed by atoms with Crippen molar-refractivity contribution in [3.63, 3.8) is 0 Å². The van der Waals surface area contributed by atoms with Gasteiger partial charge in [0.25, 0.3) is 0 Å². The second-order valence-corrected chi connectivity index (χ2v) is 0.577. The number of hydrogen-bond acceptors (Lipinski definition) is 0. The number of halogens is 2. The maximum absolute atomic E-state index is 2.00. The molecular formula is C3H10ClFMg. The van der Waals surface area contributed by atoms with Gasteiger partial charge in [-0.3, -0.25) is 4.70 Å². The fraction of sp³-hybridized carbons (Fsp3) is 0.667. The molecule has 0 heterocycles. The molecule has 0 nitrogen and oxygen atoms in total. The van der Waals surface area contributed by atoms with E-state index in [-0.39, 0.29) is 41.6 Å². The van der Waals surface area contributed by atoms with Gasteiger partial charge in [0.2, 0.25) is 0 Å². The van der Waals surface area contributed by atoms with Crippen molar-refractivity contribution in [2.24, 2.45) is 0 Å². The van der Waals surface area contributed by atoms with Gasteiger partial charge in [0, 0.05) is 1.43 Å². The van der Waals surface area contributed by atoms with Crippen molar-refractivity contribution in [2.45, 2.75) is 13.8 Å². The molecule has 0 aromatic rings. The third kappa shape index (κ3) is 81.5. The smallest absolute Gasteiger partial charge is 1.00 e. The molecule has 3 heteroatoms. The summed E-state index contributed by atoms with van der Waals surface area (Å²) in [5, 5.41) is 0. The van der Waals surface area contributed by atoms with Crippen LogP contribution in [-0.2, 0) is 0 Å². The Morgan fingerprint density at radius 3 is 1.33 bits per heavy atom. The molecule has 0 aromatic carbocycles. The zero-order chi connectivity index (χ0) is 2.71. The summed E-state index contributed by atoms with van der Waals surface area (Å²) in [6.07, 6.45) is 2.00. The molecule has 0 saturated heterocycles. The van der Waals surface area contributed by atoms with Gasteiger partial charge in [-0.15, -0.1) is 0 Å². The summed E-state index contributed by atoms with van der Waals surface area (Å²) in [6.45, 7) is 4.00. The summed E-state index contributed by atoms with van der Waals surface area (Å²) >= 11 is 0. The molecule has 0 fully saturated rings. The van der Waals surface area contributed by atoms with Gasteiger partial charge in [0.1, 0.15) is 0 Å². The van der Waals surface area contributed by atoms with Crippen LogP contribution in [0.3, 0.4) is 0 Å². The van der Waals surface area contributed by atoms with Crippen molar-refractivity contribution in [3.8, 4) is 0 Å². The molecule has 6 heavy (non-hydrogen) atoms. The first-order valence-electron chi connectivity index (χ1n) is 1.15. The van der Waals surface area contributed by atoms with E-state index in [0.29, 0.717) is 0 Å². The monoisotopic (exact) mass is 126 g/mol. The third-order valence-corrected chi connectivity index (χ3v) is 0. The van der Waals surface area contributed by atoms with E-state index in [1.54, 1.807) is 0 Å². The van der Waals surface area contributed by atoms with Crippen LogP contribution >= 0.6 is 0 Å². The van der Waals surface area contributed by atoms with E-state index >= 15 is 0 Å². The van der Waals surface area contributed by atoms with Crippen LogP contribution in [0.4, 0.5) is 4.70 Å². The summed E-state index contributed by atoms with van der Waals surface area (Å²) in [5.74, 6) is 0. The molecule has 0 radical (unpaired) electrons. The van der Waals surface area contributed by atoms with Gasteiger partial charge in [0.15, 0.2) is 0 Å². The molecule has 0 saturated carbocycles. The number of hydrogen-bond donors (Lipinski definition) is 0. The topological polar surface area (TPSA) is 0 Å². The van der Waals surface area contributed by atoms with Crippen molar-refractivity contribution in [1.29, 1.82) is 0 Å². The molecule has 0 N–H and O–H groups in total. The predicted octanol–water partition coefficient (Wildman–Crippen LogP) is -1.75. The second-order valence-electron chi connectivity index (χ2n) is 0.577. The normalized spacial score (nSPS) is 3.00. The average Bonchev–Trinajstić information content (AvgIpc) is 0.918. The second kappa shape index (κ2) is 37.7. The van der Waals surface area contributed by atoms with E-state index in [4.69, 9.17) is 0 Å². The minimum Gasteiger partial charge on any atom is -1.00 e. The molecule has 0 amide bonds. The Hall–Kier alpha value is 0.986. The van der Waals surface area contributed by atoms with Crippen LogP contribution in [0.1, 0.15) is 15.3 Å². The van der Waals surface area contributed by atoms with Crippen molar-refractivity contribution in [2.75, 3.05) is 0 Å². The first-order valence-corrected chi connectivity index (χ1v) is 1.15. The number of rotatable bonds is 0. The van der Waals surface area contributed by atoms with Crippen molar-refractivity contribution < 1.29 is 18.5 Å². The van der Waals surface area contributed by atoms with Gasteiger partial charge < -0.3 is 18.8 Å². The van der Waals surface area contributed by atoms with E-state index in [1.807, 2.05) is 20.3 Å². The summed E-state index contributed by atoms with van der Waals surface area (Å²) in [4.78, 5) is 0. The van der Waals surface area contributed by atoms with Gasteiger partial charge in [0.05, 0.1) is 0 Å². The first-order chi connectivity index (χ1) is 1.41. The molecule has 0 atom stereocenters. The fourth-order valence-corrected chi connectivity index (χ4v) is 0. The standard InChI is InChI=1S/C3H7.ClH.FH.Mg.H2/c1-3-2;;;;/h3H,1-2H3;2*1H;;1H/q-1;;;+2;/p-1/i;;;;1+2. The molecule has 38 valence electrons. The average molecular weight is 127 g/mol. The molecule has 0 aliphatic rings.